The van der Waals surface area contributed by atoms with Gasteiger partial charge in [-0.1, -0.05) is 109 Å². The Hall–Kier alpha value is -0.300. The summed E-state index contributed by atoms with van der Waals surface area (Å²) in [6.45, 7) is 6.09. The van der Waals surface area contributed by atoms with Crippen molar-refractivity contribution in [1.82, 2.24) is 4.90 Å². The lowest BCUT2D eigenvalue weighted by Gasteiger charge is -2.24. The standard InChI is InChI=1S/C25H51N/c1-5-7-9-11-13-14-15-16-18-20-22-24-25(26(3)4)23-21-19-17-12-10-8-6-2/h5,25H,1,6-24H2,2-4H3. The summed E-state index contributed by atoms with van der Waals surface area (Å²) in [5.74, 6) is 0. The third kappa shape index (κ3) is 18.5. The number of allylic oxidation sites excluding steroid dienone is 1. The van der Waals surface area contributed by atoms with Gasteiger partial charge in [0.2, 0.25) is 0 Å². The zero-order valence-corrected chi connectivity index (χ0v) is 18.7. The van der Waals surface area contributed by atoms with Crippen molar-refractivity contribution in [1.29, 1.82) is 0 Å². The number of unbranched alkanes of at least 4 members (excludes halogenated alkanes) is 15. The molecule has 0 N–H and O–H groups in total. The molecular weight excluding hydrogens is 314 g/mol. The summed E-state index contributed by atoms with van der Waals surface area (Å²) < 4.78 is 0. The van der Waals surface area contributed by atoms with Crippen LogP contribution in [-0.4, -0.2) is 25.0 Å². The van der Waals surface area contributed by atoms with Gasteiger partial charge in [0.15, 0.2) is 0 Å². The molecule has 0 saturated carbocycles. The van der Waals surface area contributed by atoms with Crippen molar-refractivity contribution >= 4 is 0 Å². The van der Waals surface area contributed by atoms with Gasteiger partial charge < -0.3 is 4.90 Å². The summed E-state index contributed by atoms with van der Waals surface area (Å²) in [5, 5.41) is 0. The summed E-state index contributed by atoms with van der Waals surface area (Å²) >= 11 is 0. The maximum absolute atomic E-state index is 3.79. The summed E-state index contributed by atoms with van der Waals surface area (Å²) in [7, 11) is 4.55. The predicted molar refractivity (Wildman–Crippen MR) is 121 cm³/mol. The molecule has 156 valence electrons. The number of rotatable bonds is 21. The predicted octanol–water partition coefficient (Wildman–Crippen LogP) is 8.53. The molecule has 1 atom stereocenters. The van der Waals surface area contributed by atoms with Crippen LogP contribution in [0.2, 0.25) is 0 Å². The van der Waals surface area contributed by atoms with E-state index in [0.717, 1.165) is 6.04 Å². The first kappa shape index (κ1) is 25.7. The van der Waals surface area contributed by atoms with Crippen LogP contribution in [0.1, 0.15) is 129 Å². The Morgan fingerprint density at radius 3 is 1.38 bits per heavy atom. The molecule has 0 bridgehead atoms. The van der Waals surface area contributed by atoms with Gasteiger partial charge in [-0.2, -0.15) is 0 Å². The molecule has 0 spiro atoms. The third-order valence-electron chi connectivity index (χ3n) is 5.82. The van der Waals surface area contributed by atoms with Gasteiger partial charge in [0.1, 0.15) is 0 Å². The van der Waals surface area contributed by atoms with Crippen molar-refractivity contribution in [2.75, 3.05) is 14.1 Å². The Morgan fingerprint density at radius 2 is 1.00 bits per heavy atom. The smallest absolute Gasteiger partial charge is 0.00891 e. The Labute approximate surface area is 167 Å². The minimum Gasteiger partial charge on any atom is -0.306 e. The zero-order valence-electron chi connectivity index (χ0n) is 18.7. The fourth-order valence-corrected chi connectivity index (χ4v) is 3.90. The summed E-state index contributed by atoms with van der Waals surface area (Å²) in [5.41, 5.74) is 0. The van der Waals surface area contributed by atoms with E-state index in [9.17, 15) is 0 Å². The van der Waals surface area contributed by atoms with Gasteiger partial charge in [0.25, 0.3) is 0 Å². The van der Waals surface area contributed by atoms with Crippen LogP contribution < -0.4 is 0 Å². The van der Waals surface area contributed by atoms with Crippen molar-refractivity contribution in [3.63, 3.8) is 0 Å². The molecule has 0 fully saturated rings. The summed E-state index contributed by atoms with van der Waals surface area (Å²) in [6.07, 6.45) is 28.9. The van der Waals surface area contributed by atoms with Crippen LogP contribution in [0.5, 0.6) is 0 Å². The van der Waals surface area contributed by atoms with E-state index in [2.05, 4.69) is 38.6 Å². The molecule has 0 amide bonds. The van der Waals surface area contributed by atoms with Crippen molar-refractivity contribution in [2.24, 2.45) is 0 Å². The number of nitrogens with zero attached hydrogens (tertiary/aromatic N) is 1. The van der Waals surface area contributed by atoms with E-state index in [0.29, 0.717) is 0 Å². The Bertz CT molecular complexity index is 271. The molecule has 0 radical (unpaired) electrons. The second kappa shape index (κ2) is 21.0. The van der Waals surface area contributed by atoms with E-state index >= 15 is 0 Å². The van der Waals surface area contributed by atoms with Crippen LogP contribution in [0.25, 0.3) is 0 Å². The molecule has 1 nitrogen and oxygen atoms in total. The first-order chi connectivity index (χ1) is 12.7. The van der Waals surface area contributed by atoms with Crippen molar-refractivity contribution in [2.45, 2.75) is 135 Å². The lowest BCUT2D eigenvalue weighted by molar-refractivity contribution is 0.251. The monoisotopic (exact) mass is 365 g/mol. The Kier molecular flexibility index (Phi) is 20.8. The highest BCUT2D eigenvalue weighted by Gasteiger charge is 2.10. The fourth-order valence-electron chi connectivity index (χ4n) is 3.90. The molecule has 0 aromatic carbocycles. The highest BCUT2D eigenvalue weighted by atomic mass is 15.1. The molecular formula is C25H51N. The van der Waals surface area contributed by atoms with Crippen LogP contribution in [0.4, 0.5) is 0 Å². The maximum Gasteiger partial charge on any atom is 0.00891 e. The molecule has 0 heterocycles. The molecule has 0 aliphatic heterocycles. The summed E-state index contributed by atoms with van der Waals surface area (Å²) in [4.78, 5) is 2.47. The minimum absolute atomic E-state index is 0.815. The van der Waals surface area contributed by atoms with Crippen LogP contribution in [0.3, 0.4) is 0 Å². The molecule has 0 aliphatic carbocycles. The van der Waals surface area contributed by atoms with Gasteiger partial charge in [0, 0.05) is 6.04 Å². The lowest BCUT2D eigenvalue weighted by Crippen LogP contribution is -2.27. The average molecular weight is 366 g/mol. The van der Waals surface area contributed by atoms with Crippen molar-refractivity contribution in [3.05, 3.63) is 12.7 Å². The van der Waals surface area contributed by atoms with E-state index in [4.69, 9.17) is 0 Å². The second-order valence-electron chi connectivity index (χ2n) is 8.58. The third-order valence-corrected chi connectivity index (χ3v) is 5.82. The van der Waals surface area contributed by atoms with Gasteiger partial charge in [-0.25, -0.2) is 0 Å². The van der Waals surface area contributed by atoms with Crippen LogP contribution >= 0.6 is 0 Å². The van der Waals surface area contributed by atoms with E-state index < -0.39 is 0 Å². The maximum atomic E-state index is 3.79. The van der Waals surface area contributed by atoms with Gasteiger partial charge in [-0.3, -0.25) is 0 Å². The normalized spacial score (nSPS) is 12.6. The first-order valence-corrected chi connectivity index (χ1v) is 12.0. The second-order valence-corrected chi connectivity index (χ2v) is 8.58. The van der Waals surface area contributed by atoms with Gasteiger partial charge in [-0.15, -0.1) is 6.58 Å². The molecule has 1 heteroatoms. The SMILES string of the molecule is C=CCCCCCCCCCCCC(CCCCCCCCC)N(C)C. The van der Waals surface area contributed by atoms with Crippen LogP contribution in [0, 0.1) is 0 Å². The van der Waals surface area contributed by atoms with Gasteiger partial charge >= 0.3 is 0 Å². The minimum atomic E-state index is 0.815. The zero-order chi connectivity index (χ0) is 19.3. The Morgan fingerprint density at radius 1 is 0.615 bits per heavy atom. The topological polar surface area (TPSA) is 3.24 Å². The van der Waals surface area contributed by atoms with E-state index in [1.165, 1.54) is 122 Å². The van der Waals surface area contributed by atoms with Crippen LogP contribution in [-0.2, 0) is 0 Å². The van der Waals surface area contributed by atoms with Crippen molar-refractivity contribution in [3.8, 4) is 0 Å². The molecule has 0 rings (SSSR count). The van der Waals surface area contributed by atoms with E-state index in [1.54, 1.807) is 0 Å². The largest absolute Gasteiger partial charge is 0.306 e. The molecule has 0 saturated heterocycles. The van der Waals surface area contributed by atoms with Gasteiger partial charge in [0.05, 0.1) is 0 Å². The van der Waals surface area contributed by atoms with E-state index in [-0.39, 0.29) is 0 Å². The molecule has 0 aliphatic rings. The van der Waals surface area contributed by atoms with E-state index in [1.807, 2.05) is 0 Å². The summed E-state index contributed by atoms with van der Waals surface area (Å²) in [6, 6.07) is 0.815. The number of hydrogen-bond donors (Lipinski definition) is 0. The molecule has 0 aromatic heterocycles. The molecule has 0 aromatic rings. The fraction of sp³-hybridized carbons (Fsp3) is 0.920. The quantitative estimate of drug-likeness (QED) is 0.145. The first-order valence-electron chi connectivity index (χ1n) is 12.0. The average Bonchev–Trinajstić information content (AvgIpc) is 2.63. The highest BCUT2D eigenvalue weighted by Crippen LogP contribution is 2.17. The van der Waals surface area contributed by atoms with Crippen molar-refractivity contribution < 1.29 is 0 Å². The molecule has 26 heavy (non-hydrogen) atoms. The van der Waals surface area contributed by atoms with Gasteiger partial charge in [-0.05, 0) is 39.8 Å². The Balaban J connectivity index is 3.44. The van der Waals surface area contributed by atoms with Crippen LogP contribution in [0.15, 0.2) is 12.7 Å². The highest BCUT2D eigenvalue weighted by molar-refractivity contribution is 4.67. The molecule has 1 unspecified atom stereocenters. The number of hydrogen-bond acceptors (Lipinski definition) is 1. The lowest BCUT2D eigenvalue weighted by atomic mass is 9.99.